The molecule has 0 fully saturated rings. The fraction of sp³-hybridized carbons (Fsp3) is 0.250. The summed E-state index contributed by atoms with van der Waals surface area (Å²) in [7, 11) is 0. The number of anilines is 4. The Morgan fingerprint density at radius 2 is 1.42 bits per heavy atom. The van der Waals surface area contributed by atoms with Crippen LogP contribution in [0.4, 0.5) is 23.0 Å². The van der Waals surface area contributed by atoms with Gasteiger partial charge in [0.15, 0.2) is 0 Å². The smallest absolute Gasteiger partial charge is 0.335 e. The lowest BCUT2D eigenvalue weighted by atomic mass is 10.1. The van der Waals surface area contributed by atoms with Gasteiger partial charge in [-0.25, -0.2) is 14.8 Å². The van der Waals surface area contributed by atoms with Crippen molar-refractivity contribution in [3.05, 3.63) is 72.1 Å². The molecule has 0 spiro atoms. The maximum atomic E-state index is 12.4. The molecule has 3 aromatic rings. The van der Waals surface area contributed by atoms with E-state index in [1.807, 2.05) is 6.07 Å². The molecule has 33 heavy (non-hydrogen) atoms. The lowest BCUT2D eigenvalue weighted by molar-refractivity contribution is 0.0696. The van der Waals surface area contributed by atoms with Crippen molar-refractivity contribution < 1.29 is 14.7 Å². The Morgan fingerprint density at radius 3 is 2.06 bits per heavy atom. The molecule has 0 saturated heterocycles. The van der Waals surface area contributed by atoms with Crippen LogP contribution in [0.5, 0.6) is 0 Å². The number of unbranched alkanes of at least 4 members (excludes halogenated alkanes) is 3. The normalized spacial score (nSPS) is 10.5. The minimum absolute atomic E-state index is 0.124. The molecule has 3 rings (SSSR count). The first kappa shape index (κ1) is 23.7. The zero-order chi connectivity index (χ0) is 23.5. The second-order valence-electron chi connectivity index (χ2n) is 7.46. The number of nitrogens with one attached hydrogen (secondary N) is 3. The van der Waals surface area contributed by atoms with Crippen LogP contribution in [0.1, 0.15) is 46.4 Å². The van der Waals surface area contributed by atoms with E-state index < -0.39 is 5.97 Å². The van der Waals surface area contributed by atoms with Crippen LogP contribution in [0, 0.1) is 0 Å². The number of carbonyl (C=O) groups is 2. The zero-order valence-corrected chi connectivity index (χ0v) is 18.3. The molecule has 0 atom stereocenters. The summed E-state index contributed by atoms with van der Waals surface area (Å²) in [4.78, 5) is 32.0. The summed E-state index contributed by atoms with van der Waals surface area (Å²) in [5.41, 5.74) is 7.53. The molecule has 0 aliphatic carbocycles. The van der Waals surface area contributed by atoms with Gasteiger partial charge in [-0.15, -0.1) is 0 Å². The topological polar surface area (TPSA) is 142 Å². The van der Waals surface area contributed by atoms with Gasteiger partial charge < -0.3 is 26.8 Å². The van der Waals surface area contributed by atoms with Gasteiger partial charge in [-0.3, -0.25) is 4.79 Å². The second-order valence-corrected chi connectivity index (χ2v) is 7.46. The van der Waals surface area contributed by atoms with Crippen LogP contribution in [-0.4, -0.2) is 40.0 Å². The van der Waals surface area contributed by atoms with Gasteiger partial charge in [-0.2, -0.15) is 0 Å². The summed E-state index contributed by atoms with van der Waals surface area (Å²) >= 11 is 0. The third kappa shape index (κ3) is 7.58. The molecule has 6 N–H and O–H groups in total. The van der Waals surface area contributed by atoms with Gasteiger partial charge in [0.25, 0.3) is 5.91 Å². The van der Waals surface area contributed by atoms with Gasteiger partial charge in [0.2, 0.25) is 0 Å². The summed E-state index contributed by atoms with van der Waals surface area (Å²) in [6.45, 7) is 1.33. The van der Waals surface area contributed by atoms with E-state index in [9.17, 15) is 9.59 Å². The molecule has 172 valence electrons. The molecule has 9 nitrogen and oxygen atoms in total. The van der Waals surface area contributed by atoms with Crippen LogP contribution in [0.3, 0.4) is 0 Å². The molecule has 1 aromatic heterocycles. The fourth-order valence-electron chi connectivity index (χ4n) is 3.18. The fourth-order valence-corrected chi connectivity index (χ4v) is 3.18. The number of nitrogens with zero attached hydrogens (tertiary/aromatic N) is 2. The van der Waals surface area contributed by atoms with Crippen molar-refractivity contribution in [1.82, 2.24) is 15.3 Å². The van der Waals surface area contributed by atoms with E-state index in [0.29, 0.717) is 41.7 Å². The van der Waals surface area contributed by atoms with Crippen LogP contribution in [0.25, 0.3) is 0 Å². The van der Waals surface area contributed by atoms with Crippen molar-refractivity contribution >= 4 is 34.9 Å². The predicted molar refractivity (Wildman–Crippen MR) is 128 cm³/mol. The molecular weight excluding hydrogens is 420 g/mol. The van der Waals surface area contributed by atoms with Crippen molar-refractivity contribution in [1.29, 1.82) is 0 Å². The zero-order valence-electron chi connectivity index (χ0n) is 18.3. The molecular formula is C24H28N6O3. The molecule has 0 radical (unpaired) electrons. The van der Waals surface area contributed by atoms with Gasteiger partial charge in [0.1, 0.15) is 18.0 Å². The highest BCUT2D eigenvalue weighted by atomic mass is 16.4. The van der Waals surface area contributed by atoms with Crippen LogP contribution in [0.2, 0.25) is 0 Å². The van der Waals surface area contributed by atoms with Crippen LogP contribution in [0.15, 0.2) is 60.9 Å². The second kappa shape index (κ2) is 12.2. The van der Waals surface area contributed by atoms with Crippen LogP contribution >= 0.6 is 0 Å². The van der Waals surface area contributed by atoms with Crippen LogP contribution in [-0.2, 0) is 0 Å². The molecule has 0 unspecified atom stereocenters. The molecule has 0 aliphatic rings. The lowest BCUT2D eigenvalue weighted by Gasteiger charge is -2.10. The van der Waals surface area contributed by atoms with E-state index in [2.05, 4.69) is 25.9 Å². The number of rotatable bonds is 12. The van der Waals surface area contributed by atoms with Crippen molar-refractivity contribution in [2.24, 2.45) is 5.73 Å². The molecule has 1 heterocycles. The Hall–Kier alpha value is -3.98. The Morgan fingerprint density at radius 1 is 0.818 bits per heavy atom. The number of aromatic nitrogens is 2. The highest BCUT2D eigenvalue weighted by Crippen LogP contribution is 2.21. The number of carbonyl (C=O) groups excluding carboxylic acids is 1. The van der Waals surface area contributed by atoms with Gasteiger partial charge in [-0.1, -0.05) is 25.0 Å². The predicted octanol–water partition coefficient (Wildman–Crippen LogP) is 3.91. The Kier molecular flexibility index (Phi) is 8.72. The molecule has 9 heteroatoms. The molecule has 1 amide bonds. The minimum atomic E-state index is -1.00. The van der Waals surface area contributed by atoms with Crippen molar-refractivity contribution in [2.75, 3.05) is 23.7 Å². The maximum absolute atomic E-state index is 12.4. The number of hydrogen-bond donors (Lipinski definition) is 5. The number of benzene rings is 2. The quantitative estimate of drug-likeness (QED) is 0.263. The lowest BCUT2D eigenvalue weighted by Crippen LogP contribution is -2.24. The molecule has 0 saturated carbocycles. The Balaban J connectivity index is 1.59. The third-order valence-corrected chi connectivity index (χ3v) is 4.86. The number of carboxylic acids is 1. The van der Waals surface area contributed by atoms with E-state index >= 15 is 0 Å². The van der Waals surface area contributed by atoms with E-state index in [1.54, 1.807) is 36.4 Å². The summed E-state index contributed by atoms with van der Waals surface area (Å²) < 4.78 is 0. The van der Waals surface area contributed by atoms with E-state index in [0.717, 1.165) is 25.7 Å². The maximum Gasteiger partial charge on any atom is 0.335 e. The number of amides is 1. The molecule has 0 bridgehead atoms. The minimum Gasteiger partial charge on any atom is -0.478 e. The van der Waals surface area contributed by atoms with E-state index in [-0.39, 0.29) is 11.5 Å². The number of carboxylic acid groups (broad SMARTS) is 1. The van der Waals surface area contributed by atoms with Gasteiger partial charge in [0, 0.05) is 29.5 Å². The Labute approximate surface area is 192 Å². The standard InChI is InChI=1S/C24H28N6O3/c25-11-3-1-2-4-12-26-23(31)17-7-5-9-19(13-17)29-21-15-22(28-16-27-21)30-20-10-6-8-18(14-20)24(32)33/h5-10,13-16H,1-4,11-12,25H2,(H,26,31)(H,32,33)(H2,27,28,29,30). The molecule has 2 aromatic carbocycles. The van der Waals surface area contributed by atoms with Gasteiger partial charge in [-0.05, 0) is 55.8 Å². The average Bonchev–Trinajstić information content (AvgIpc) is 2.82. The monoisotopic (exact) mass is 448 g/mol. The van der Waals surface area contributed by atoms with E-state index in [1.165, 1.54) is 18.5 Å². The third-order valence-electron chi connectivity index (χ3n) is 4.86. The molecule has 0 aliphatic heterocycles. The van der Waals surface area contributed by atoms with Crippen molar-refractivity contribution in [2.45, 2.75) is 25.7 Å². The summed E-state index contributed by atoms with van der Waals surface area (Å²) in [6, 6.07) is 15.3. The summed E-state index contributed by atoms with van der Waals surface area (Å²) in [6.07, 6.45) is 5.45. The summed E-state index contributed by atoms with van der Waals surface area (Å²) in [5.74, 6) is -0.0991. The number of nitrogens with two attached hydrogens (primary N) is 1. The van der Waals surface area contributed by atoms with Crippen molar-refractivity contribution in [3.8, 4) is 0 Å². The SMILES string of the molecule is NCCCCCCNC(=O)c1cccc(Nc2cc(Nc3cccc(C(=O)O)c3)ncn2)c1. The average molecular weight is 449 g/mol. The van der Waals surface area contributed by atoms with Gasteiger partial charge >= 0.3 is 5.97 Å². The largest absolute Gasteiger partial charge is 0.478 e. The highest BCUT2D eigenvalue weighted by Gasteiger charge is 2.08. The number of hydrogen-bond acceptors (Lipinski definition) is 7. The van der Waals surface area contributed by atoms with Crippen molar-refractivity contribution in [3.63, 3.8) is 0 Å². The highest BCUT2D eigenvalue weighted by molar-refractivity contribution is 5.95. The number of aromatic carboxylic acids is 1. The first-order valence-electron chi connectivity index (χ1n) is 10.8. The Bertz CT molecular complexity index is 1090. The first-order chi connectivity index (χ1) is 16.0. The van der Waals surface area contributed by atoms with E-state index in [4.69, 9.17) is 10.8 Å². The van der Waals surface area contributed by atoms with Crippen LogP contribution < -0.4 is 21.7 Å². The first-order valence-corrected chi connectivity index (χ1v) is 10.8. The van der Waals surface area contributed by atoms with Gasteiger partial charge in [0.05, 0.1) is 5.56 Å². The summed E-state index contributed by atoms with van der Waals surface area (Å²) in [5, 5.41) is 18.3.